The quantitative estimate of drug-likeness (QED) is 0.452. The summed E-state index contributed by atoms with van der Waals surface area (Å²) >= 11 is 14.2. The molecule has 1 N–H and O–H groups in total. The van der Waals surface area contributed by atoms with Crippen LogP contribution in [0, 0.1) is 0 Å². The maximum Gasteiger partial charge on any atom is 0.146 e. The number of fused-ring (bicyclic) bond motifs is 1. The molecule has 4 rings (SSSR count). The Balaban J connectivity index is 1.54. The lowest BCUT2D eigenvalue weighted by atomic mass is 10.2. The molecular formula is C19H15Cl2N5OS. The lowest BCUT2D eigenvalue weighted by molar-refractivity contribution is 0.414. The minimum atomic E-state index is 0.500. The van der Waals surface area contributed by atoms with Gasteiger partial charge in [-0.05, 0) is 23.8 Å². The van der Waals surface area contributed by atoms with Crippen molar-refractivity contribution in [2.24, 2.45) is 0 Å². The molecule has 142 valence electrons. The highest BCUT2D eigenvalue weighted by molar-refractivity contribution is 7.99. The van der Waals surface area contributed by atoms with Gasteiger partial charge in [0.05, 0.1) is 30.0 Å². The van der Waals surface area contributed by atoms with E-state index in [1.54, 1.807) is 36.4 Å². The highest BCUT2D eigenvalue weighted by atomic mass is 35.5. The number of halogens is 2. The standard InChI is InChI=1S/C19H15Cl2N5OS/c1-27-13-4-2-12(3-5-13)8-24-18-17(21)15(6-7-23-18)28-19-14-9-22-11-26(14)16(20)10-25-19/h2-7,9-11H,8H2,1H3,(H,23,24). The molecule has 3 heterocycles. The molecule has 0 aliphatic rings. The van der Waals surface area contributed by atoms with Crippen molar-refractivity contribution in [2.75, 3.05) is 12.4 Å². The summed E-state index contributed by atoms with van der Waals surface area (Å²) in [5, 5.41) is 5.08. The van der Waals surface area contributed by atoms with Crippen LogP contribution in [0.3, 0.4) is 0 Å². The number of benzene rings is 1. The van der Waals surface area contributed by atoms with Crippen molar-refractivity contribution in [3.05, 3.63) is 71.0 Å². The topological polar surface area (TPSA) is 64.3 Å². The van der Waals surface area contributed by atoms with E-state index >= 15 is 0 Å². The average molecular weight is 432 g/mol. The molecular weight excluding hydrogens is 417 g/mol. The number of ether oxygens (including phenoxy) is 1. The summed E-state index contributed by atoms with van der Waals surface area (Å²) in [5.41, 5.74) is 1.91. The fourth-order valence-electron chi connectivity index (χ4n) is 2.60. The molecule has 0 aliphatic carbocycles. The zero-order valence-corrected chi connectivity index (χ0v) is 17.1. The van der Waals surface area contributed by atoms with Crippen LogP contribution in [0.5, 0.6) is 5.75 Å². The van der Waals surface area contributed by atoms with Gasteiger partial charge in [0.2, 0.25) is 0 Å². The van der Waals surface area contributed by atoms with E-state index in [9.17, 15) is 0 Å². The van der Waals surface area contributed by atoms with Crippen molar-refractivity contribution in [3.8, 4) is 5.75 Å². The van der Waals surface area contributed by atoms with Gasteiger partial charge in [0.1, 0.15) is 28.1 Å². The maximum atomic E-state index is 6.59. The van der Waals surface area contributed by atoms with E-state index in [0.29, 0.717) is 22.5 Å². The summed E-state index contributed by atoms with van der Waals surface area (Å²) in [5.74, 6) is 1.43. The summed E-state index contributed by atoms with van der Waals surface area (Å²) in [7, 11) is 1.65. The van der Waals surface area contributed by atoms with E-state index in [-0.39, 0.29) is 0 Å². The monoisotopic (exact) mass is 431 g/mol. The number of nitrogens with one attached hydrogen (secondary N) is 1. The number of rotatable bonds is 6. The van der Waals surface area contributed by atoms with E-state index in [0.717, 1.165) is 26.8 Å². The third-order valence-electron chi connectivity index (χ3n) is 4.06. The van der Waals surface area contributed by atoms with Crippen LogP contribution in [0.1, 0.15) is 5.56 Å². The predicted molar refractivity (Wildman–Crippen MR) is 112 cm³/mol. The van der Waals surface area contributed by atoms with E-state index in [2.05, 4.69) is 20.3 Å². The Kier molecular flexibility index (Phi) is 5.57. The summed E-state index contributed by atoms with van der Waals surface area (Å²) in [4.78, 5) is 13.7. The van der Waals surface area contributed by atoms with Gasteiger partial charge in [-0.2, -0.15) is 0 Å². The minimum absolute atomic E-state index is 0.500. The number of hydrogen-bond acceptors (Lipinski definition) is 6. The first-order valence-corrected chi connectivity index (χ1v) is 9.88. The Morgan fingerprint density at radius 3 is 2.71 bits per heavy atom. The molecule has 0 saturated heterocycles. The van der Waals surface area contributed by atoms with E-state index < -0.39 is 0 Å². The highest BCUT2D eigenvalue weighted by Gasteiger charge is 2.13. The molecule has 0 unspecified atom stereocenters. The highest BCUT2D eigenvalue weighted by Crippen LogP contribution is 2.37. The van der Waals surface area contributed by atoms with Gasteiger partial charge in [0, 0.05) is 17.6 Å². The van der Waals surface area contributed by atoms with Gasteiger partial charge in [0.25, 0.3) is 0 Å². The molecule has 0 fully saturated rings. The van der Waals surface area contributed by atoms with Crippen LogP contribution < -0.4 is 10.1 Å². The van der Waals surface area contributed by atoms with Crippen LogP contribution in [-0.4, -0.2) is 26.5 Å². The van der Waals surface area contributed by atoms with Gasteiger partial charge in [-0.15, -0.1) is 0 Å². The molecule has 0 amide bonds. The van der Waals surface area contributed by atoms with Crippen molar-refractivity contribution in [3.63, 3.8) is 0 Å². The Morgan fingerprint density at radius 1 is 1.11 bits per heavy atom. The molecule has 0 bridgehead atoms. The van der Waals surface area contributed by atoms with Gasteiger partial charge in [0.15, 0.2) is 0 Å². The van der Waals surface area contributed by atoms with Crippen LogP contribution in [-0.2, 0) is 6.54 Å². The summed E-state index contributed by atoms with van der Waals surface area (Å²) < 4.78 is 6.95. The molecule has 9 heteroatoms. The second-order valence-electron chi connectivity index (χ2n) is 5.81. The molecule has 6 nitrogen and oxygen atoms in total. The number of pyridine rings is 1. The van der Waals surface area contributed by atoms with Crippen molar-refractivity contribution in [1.82, 2.24) is 19.4 Å². The SMILES string of the molecule is COc1ccc(CNc2nccc(Sc3ncc(Cl)n4cncc34)c2Cl)cc1. The lowest BCUT2D eigenvalue weighted by Gasteiger charge is -2.11. The van der Waals surface area contributed by atoms with Crippen molar-refractivity contribution in [1.29, 1.82) is 0 Å². The lowest BCUT2D eigenvalue weighted by Crippen LogP contribution is -2.02. The van der Waals surface area contributed by atoms with E-state index in [4.69, 9.17) is 27.9 Å². The van der Waals surface area contributed by atoms with Gasteiger partial charge in [-0.25, -0.2) is 15.0 Å². The third kappa shape index (κ3) is 3.87. The molecule has 0 aliphatic heterocycles. The van der Waals surface area contributed by atoms with Crippen molar-refractivity contribution in [2.45, 2.75) is 16.5 Å². The van der Waals surface area contributed by atoms with E-state index in [1.807, 2.05) is 30.3 Å². The Bertz CT molecular complexity index is 1120. The Morgan fingerprint density at radius 2 is 1.93 bits per heavy atom. The fourth-order valence-corrected chi connectivity index (χ4v) is 3.97. The fraction of sp³-hybridized carbons (Fsp3) is 0.105. The second kappa shape index (κ2) is 8.26. The molecule has 4 aromatic rings. The minimum Gasteiger partial charge on any atom is -0.497 e. The Labute approximate surface area is 175 Å². The number of methoxy groups -OCH3 is 1. The molecule has 3 aromatic heterocycles. The van der Waals surface area contributed by atoms with Crippen LogP contribution >= 0.6 is 35.0 Å². The first-order valence-electron chi connectivity index (χ1n) is 8.31. The molecule has 0 saturated carbocycles. The number of hydrogen-bond donors (Lipinski definition) is 1. The zero-order valence-electron chi connectivity index (χ0n) is 14.8. The molecule has 0 spiro atoms. The summed E-state index contributed by atoms with van der Waals surface area (Å²) in [6, 6.07) is 9.68. The molecule has 28 heavy (non-hydrogen) atoms. The third-order valence-corrected chi connectivity index (χ3v) is 5.90. The predicted octanol–water partition coefficient (Wildman–Crippen LogP) is 5.20. The number of anilines is 1. The van der Waals surface area contributed by atoms with Gasteiger partial charge >= 0.3 is 0 Å². The van der Waals surface area contributed by atoms with Crippen LogP contribution in [0.4, 0.5) is 5.82 Å². The van der Waals surface area contributed by atoms with Gasteiger partial charge < -0.3 is 10.1 Å². The first-order chi connectivity index (χ1) is 13.7. The van der Waals surface area contributed by atoms with Crippen LogP contribution in [0.2, 0.25) is 10.2 Å². The number of imidazole rings is 1. The normalized spacial score (nSPS) is 11.0. The second-order valence-corrected chi connectivity index (χ2v) is 7.61. The van der Waals surface area contributed by atoms with E-state index in [1.165, 1.54) is 11.8 Å². The zero-order chi connectivity index (χ0) is 19.5. The largest absolute Gasteiger partial charge is 0.497 e. The first kappa shape index (κ1) is 18.9. The number of aromatic nitrogens is 4. The summed E-state index contributed by atoms with van der Waals surface area (Å²) in [6.07, 6.45) is 6.68. The van der Waals surface area contributed by atoms with Gasteiger partial charge in [-0.1, -0.05) is 47.1 Å². The smallest absolute Gasteiger partial charge is 0.146 e. The summed E-state index contributed by atoms with van der Waals surface area (Å²) in [6.45, 7) is 0.594. The van der Waals surface area contributed by atoms with Crippen molar-refractivity contribution < 1.29 is 4.74 Å². The number of nitrogens with zero attached hydrogens (tertiary/aromatic N) is 4. The average Bonchev–Trinajstić information content (AvgIpc) is 3.22. The molecule has 0 atom stereocenters. The Hall–Kier alpha value is -2.48. The van der Waals surface area contributed by atoms with Crippen LogP contribution in [0.25, 0.3) is 5.52 Å². The van der Waals surface area contributed by atoms with Crippen LogP contribution in [0.15, 0.2) is 65.2 Å². The molecule has 0 radical (unpaired) electrons. The maximum absolute atomic E-state index is 6.59. The molecule has 1 aromatic carbocycles. The van der Waals surface area contributed by atoms with Crippen molar-refractivity contribution >= 4 is 46.3 Å². The van der Waals surface area contributed by atoms with Gasteiger partial charge in [-0.3, -0.25) is 4.40 Å².